The molecular formula is C19H15Cl2N3O3. The number of amides is 3. The molecule has 4 rings (SSSR count). The standard InChI is InChI=1S/C19H15Cl2N3O3/c1-23-17(26)12-4-2-3-5-15(12)24-16(25)8-9-19(23,24)18(27)22-14-7-6-11(20)10-13(14)21/h2-7,10H,8-9H2,1H3,(H,22,27)/t19-/m0/s1. The van der Waals surface area contributed by atoms with Crippen LogP contribution in [0.4, 0.5) is 11.4 Å². The van der Waals surface area contributed by atoms with Crippen molar-refractivity contribution in [3.8, 4) is 0 Å². The van der Waals surface area contributed by atoms with Crippen LogP contribution in [0.5, 0.6) is 0 Å². The van der Waals surface area contributed by atoms with E-state index in [0.717, 1.165) is 0 Å². The molecule has 2 aliphatic rings. The molecule has 2 aliphatic heterocycles. The number of para-hydroxylation sites is 1. The highest BCUT2D eigenvalue weighted by Gasteiger charge is 2.59. The summed E-state index contributed by atoms with van der Waals surface area (Å²) in [5, 5.41) is 3.46. The molecule has 0 aromatic heterocycles. The number of likely N-dealkylation sites (N-methyl/N-ethyl adjacent to an activating group) is 1. The fourth-order valence-electron chi connectivity index (χ4n) is 3.74. The summed E-state index contributed by atoms with van der Waals surface area (Å²) in [6.45, 7) is 0. The molecule has 0 saturated carbocycles. The number of carbonyl (C=O) groups is 3. The van der Waals surface area contributed by atoms with Gasteiger partial charge in [0.15, 0.2) is 0 Å². The smallest absolute Gasteiger partial charge is 0.271 e. The molecule has 6 nitrogen and oxygen atoms in total. The SMILES string of the molecule is CN1C(=O)c2ccccc2N2C(=O)CC[C@]12C(=O)Nc1ccc(Cl)cc1Cl. The van der Waals surface area contributed by atoms with Gasteiger partial charge in [-0.05, 0) is 30.3 Å². The van der Waals surface area contributed by atoms with Crippen molar-refractivity contribution in [3.63, 3.8) is 0 Å². The Labute approximate surface area is 165 Å². The van der Waals surface area contributed by atoms with Crippen molar-refractivity contribution >= 4 is 52.3 Å². The number of carbonyl (C=O) groups excluding carboxylic acids is 3. The molecule has 0 unspecified atom stereocenters. The van der Waals surface area contributed by atoms with Gasteiger partial charge in [0.2, 0.25) is 11.6 Å². The summed E-state index contributed by atoms with van der Waals surface area (Å²) in [7, 11) is 1.53. The van der Waals surface area contributed by atoms with Crippen molar-refractivity contribution in [2.75, 3.05) is 17.3 Å². The fraction of sp³-hybridized carbons (Fsp3) is 0.211. The van der Waals surface area contributed by atoms with Crippen LogP contribution in [-0.2, 0) is 9.59 Å². The van der Waals surface area contributed by atoms with Gasteiger partial charge in [-0.15, -0.1) is 0 Å². The first kappa shape index (κ1) is 17.8. The maximum absolute atomic E-state index is 13.3. The number of hydrogen-bond donors (Lipinski definition) is 1. The first-order chi connectivity index (χ1) is 12.9. The van der Waals surface area contributed by atoms with Crippen molar-refractivity contribution in [1.29, 1.82) is 0 Å². The highest BCUT2D eigenvalue weighted by atomic mass is 35.5. The van der Waals surface area contributed by atoms with Gasteiger partial charge in [-0.1, -0.05) is 35.3 Å². The normalized spacial score (nSPS) is 21.1. The molecule has 2 aromatic rings. The molecule has 8 heteroatoms. The van der Waals surface area contributed by atoms with Crippen molar-refractivity contribution in [3.05, 3.63) is 58.1 Å². The number of rotatable bonds is 2. The van der Waals surface area contributed by atoms with Crippen LogP contribution in [0.1, 0.15) is 23.2 Å². The first-order valence-electron chi connectivity index (χ1n) is 8.33. The van der Waals surface area contributed by atoms with Gasteiger partial charge in [0.1, 0.15) is 0 Å². The predicted octanol–water partition coefficient (Wildman–Crippen LogP) is 3.54. The van der Waals surface area contributed by atoms with Crippen LogP contribution in [0.25, 0.3) is 0 Å². The van der Waals surface area contributed by atoms with Crippen LogP contribution in [-0.4, -0.2) is 35.3 Å². The fourth-order valence-corrected chi connectivity index (χ4v) is 4.20. The van der Waals surface area contributed by atoms with Crippen LogP contribution in [0, 0.1) is 0 Å². The Morgan fingerprint density at radius 3 is 2.63 bits per heavy atom. The highest BCUT2D eigenvalue weighted by Crippen LogP contribution is 2.44. The van der Waals surface area contributed by atoms with Crippen molar-refractivity contribution in [2.45, 2.75) is 18.5 Å². The number of nitrogens with zero attached hydrogens (tertiary/aromatic N) is 2. The molecule has 3 amide bonds. The summed E-state index contributed by atoms with van der Waals surface area (Å²) in [5.74, 6) is -1.02. The molecule has 1 N–H and O–H groups in total. The van der Waals surface area contributed by atoms with E-state index in [1.807, 2.05) is 0 Å². The largest absolute Gasteiger partial charge is 0.321 e. The van der Waals surface area contributed by atoms with E-state index < -0.39 is 11.6 Å². The van der Waals surface area contributed by atoms with Gasteiger partial charge in [-0.3, -0.25) is 19.3 Å². The van der Waals surface area contributed by atoms with Gasteiger partial charge in [0.25, 0.3) is 11.8 Å². The zero-order valence-corrected chi connectivity index (χ0v) is 15.8. The van der Waals surface area contributed by atoms with Gasteiger partial charge in [0.05, 0.1) is 22.0 Å². The van der Waals surface area contributed by atoms with Gasteiger partial charge < -0.3 is 10.2 Å². The predicted molar refractivity (Wildman–Crippen MR) is 103 cm³/mol. The molecule has 1 fully saturated rings. The average Bonchev–Trinajstić information content (AvgIpc) is 3.01. The molecule has 1 saturated heterocycles. The van der Waals surface area contributed by atoms with E-state index in [1.165, 1.54) is 22.9 Å². The van der Waals surface area contributed by atoms with Gasteiger partial charge in [-0.25, -0.2) is 0 Å². The second kappa shape index (κ2) is 6.25. The van der Waals surface area contributed by atoms with Crippen LogP contribution in [0.3, 0.4) is 0 Å². The molecule has 1 atom stereocenters. The number of hydrogen-bond acceptors (Lipinski definition) is 3. The Morgan fingerprint density at radius 2 is 1.89 bits per heavy atom. The zero-order chi connectivity index (χ0) is 19.3. The van der Waals surface area contributed by atoms with Crippen molar-refractivity contribution in [2.24, 2.45) is 0 Å². The summed E-state index contributed by atoms with van der Waals surface area (Å²) in [4.78, 5) is 41.6. The Hall–Kier alpha value is -2.57. The Morgan fingerprint density at radius 1 is 1.15 bits per heavy atom. The van der Waals surface area contributed by atoms with Gasteiger partial charge in [0, 0.05) is 24.9 Å². The second-order valence-corrected chi connectivity index (χ2v) is 7.35. The van der Waals surface area contributed by atoms with E-state index in [1.54, 1.807) is 36.4 Å². The Bertz CT molecular complexity index is 994. The van der Waals surface area contributed by atoms with E-state index in [2.05, 4.69) is 5.32 Å². The summed E-state index contributed by atoms with van der Waals surface area (Å²) in [6, 6.07) is 11.5. The summed E-state index contributed by atoms with van der Waals surface area (Å²) in [5.41, 5.74) is -0.242. The third kappa shape index (κ3) is 2.51. The third-order valence-corrected chi connectivity index (χ3v) is 5.63. The lowest BCUT2D eigenvalue weighted by molar-refractivity contribution is -0.128. The van der Waals surface area contributed by atoms with Gasteiger partial charge in [-0.2, -0.15) is 0 Å². The molecule has 0 spiro atoms. The summed E-state index contributed by atoms with van der Waals surface area (Å²) < 4.78 is 0. The molecule has 0 bridgehead atoms. The quantitative estimate of drug-likeness (QED) is 0.833. The van der Waals surface area contributed by atoms with Crippen LogP contribution >= 0.6 is 23.2 Å². The Balaban J connectivity index is 1.81. The van der Waals surface area contributed by atoms with Crippen molar-refractivity contribution < 1.29 is 14.4 Å². The molecule has 2 aromatic carbocycles. The van der Waals surface area contributed by atoms with E-state index in [9.17, 15) is 14.4 Å². The van der Waals surface area contributed by atoms with E-state index >= 15 is 0 Å². The van der Waals surface area contributed by atoms with Gasteiger partial charge >= 0.3 is 0 Å². The minimum absolute atomic E-state index is 0.160. The van der Waals surface area contributed by atoms with Crippen LogP contribution in [0.2, 0.25) is 10.0 Å². The first-order valence-corrected chi connectivity index (χ1v) is 9.08. The lowest BCUT2D eigenvalue weighted by Gasteiger charge is -2.47. The van der Waals surface area contributed by atoms with Crippen LogP contribution in [0.15, 0.2) is 42.5 Å². The summed E-state index contributed by atoms with van der Waals surface area (Å²) >= 11 is 12.1. The molecule has 138 valence electrons. The maximum atomic E-state index is 13.3. The number of nitrogens with one attached hydrogen (secondary N) is 1. The number of benzene rings is 2. The Kier molecular flexibility index (Phi) is 4.13. The van der Waals surface area contributed by atoms with Crippen LogP contribution < -0.4 is 10.2 Å². The number of fused-ring (bicyclic) bond motifs is 3. The number of halogens is 2. The topological polar surface area (TPSA) is 69.7 Å². The minimum Gasteiger partial charge on any atom is -0.321 e. The molecular weight excluding hydrogens is 389 g/mol. The maximum Gasteiger partial charge on any atom is 0.271 e. The van der Waals surface area contributed by atoms with E-state index in [-0.39, 0.29) is 29.7 Å². The highest BCUT2D eigenvalue weighted by molar-refractivity contribution is 6.37. The zero-order valence-electron chi connectivity index (χ0n) is 14.3. The molecule has 0 aliphatic carbocycles. The molecule has 27 heavy (non-hydrogen) atoms. The average molecular weight is 404 g/mol. The lowest BCUT2D eigenvalue weighted by atomic mass is 9.96. The third-order valence-electron chi connectivity index (χ3n) is 5.08. The number of anilines is 2. The van der Waals surface area contributed by atoms with Crippen molar-refractivity contribution in [1.82, 2.24) is 4.90 Å². The monoisotopic (exact) mass is 403 g/mol. The minimum atomic E-state index is -1.44. The molecule has 0 radical (unpaired) electrons. The van der Waals surface area contributed by atoms with E-state index in [4.69, 9.17) is 23.2 Å². The lowest BCUT2D eigenvalue weighted by Crippen LogP contribution is -2.68. The molecule has 2 heterocycles. The summed E-state index contributed by atoms with van der Waals surface area (Å²) in [6.07, 6.45) is 0.354. The van der Waals surface area contributed by atoms with E-state index in [0.29, 0.717) is 22.0 Å². The second-order valence-electron chi connectivity index (χ2n) is 6.51.